The molecule has 1 aromatic carbocycles. The van der Waals surface area contributed by atoms with Gasteiger partial charge in [-0.1, -0.05) is 30.3 Å². The molecule has 1 saturated heterocycles. The first kappa shape index (κ1) is 14.6. The van der Waals surface area contributed by atoms with E-state index in [1.165, 1.54) is 0 Å². The lowest BCUT2D eigenvalue weighted by Gasteiger charge is -2.35. The minimum Gasteiger partial charge on any atom is -0.338 e. The van der Waals surface area contributed by atoms with Crippen molar-refractivity contribution < 1.29 is 9.59 Å². The molecule has 22 heavy (non-hydrogen) atoms. The lowest BCUT2D eigenvalue weighted by molar-refractivity contribution is -0.125. The lowest BCUT2D eigenvalue weighted by Crippen LogP contribution is -2.52. The minimum absolute atomic E-state index is 0.0538. The summed E-state index contributed by atoms with van der Waals surface area (Å²) >= 11 is 0. The molecule has 2 aliphatic heterocycles. The Labute approximate surface area is 129 Å². The van der Waals surface area contributed by atoms with Crippen LogP contribution in [0.25, 0.3) is 0 Å². The third kappa shape index (κ3) is 2.56. The number of carbonyl (C=O) groups is 2. The fourth-order valence-electron chi connectivity index (χ4n) is 2.93. The van der Waals surface area contributed by atoms with E-state index in [0.717, 1.165) is 5.56 Å². The number of benzene rings is 1. The third-order valence-electron chi connectivity index (χ3n) is 4.23. The van der Waals surface area contributed by atoms with Gasteiger partial charge in [-0.2, -0.15) is 0 Å². The highest BCUT2D eigenvalue weighted by molar-refractivity contribution is 6.15. The topological polar surface area (TPSA) is 73.8 Å². The summed E-state index contributed by atoms with van der Waals surface area (Å²) in [5, 5.41) is 5.68. The summed E-state index contributed by atoms with van der Waals surface area (Å²) in [6, 6.07) is 9.58. The number of aliphatic imine (C=N–C) groups is 1. The smallest absolute Gasteiger partial charge is 0.317 e. The molecule has 6 heteroatoms. The molecule has 0 aromatic heterocycles. The number of nitrogens with one attached hydrogen (secondary N) is 2. The van der Waals surface area contributed by atoms with Crippen molar-refractivity contribution in [1.29, 1.82) is 0 Å². The van der Waals surface area contributed by atoms with Gasteiger partial charge >= 0.3 is 6.03 Å². The second-order valence-corrected chi connectivity index (χ2v) is 5.63. The number of urea groups is 1. The van der Waals surface area contributed by atoms with Gasteiger partial charge in [0.1, 0.15) is 11.4 Å². The van der Waals surface area contributed by atoms with Gasteiger partial charge in [0, 0.05) is 25.2 Å². The predicted octanol–water partition coefficient (Wildman–Crippen LogP) is 1.13. The van der Waals surface area contributed by atoms with Gasteiger partial charge in [-0.15, -0.1) is 0 Å². The number of nitrogens with zero attached hydrogens (tertiary/aromatic N) is 2. The van der Waals surface area contributed by atoms with E-state index in [2.05, 4.69) is 15.6 Å². The zero-order chi connectivity index (χ0) is 15.6. The number of amides is 3. The van der Waals surface area contributed by atoms with Crippen molar-refractivity contribution in [2.75, 3.05) is 19.6 Å². The summed E-state index contributed by atoms with van der Waals surface area (Å²) in [5.74, 6) is 0.582. The molecule has 0 radical (unpaired) electrons. The second kappa shape index (κ2) is 5.79. The van der Waals surface area contributed by atoms with Crippen LogP contribution in [-0.4, -0.2) is 47.8 Å². The van der Waals surface area contributed by atoms with Crippen LogP contribution in [0.1, 0.15) is 25.3 Å². The average molecular weight is 300 g/mol. The highest BCUT2D eigenvalue weighted by atomic mass is 16.2. The SMILES string of the molecule is CCNC(=O)N1CCC2(CC1)N=C(c1ccccc1)NC2=O. The normalized spacial score (nSPS) is 19.8. The van der Waals surface area contributed by atoms with E-state index < -0.39 is 5.54 Å². The van der Waals surface area contributed by atoms with Crippen LogP contribution in [0.4, 0.5) is 4.79 Å². The van der Waals surface area contributed by atoms with E-state index in [-0.39, 0.29) is 11.9 Å². The Morgan fingerprint density at radius 3 is 2.64 bits per heavy atom. The maximum Gasteiger partial charge on any atom is 0.317 e. The molecule has 1 fully saturated rings. The molecule has 0 atom stereocenters. The van der Waals surface area contributed by atoms with Gasteiger partial charge in [-0.3, -0.25) is 9.79 Å². The van der Waals surface area contributed by atoms with Crippen LogP contribution in [0.3, 0.4) is 0 Å². The number of rotatable bonds is 2. The van der Waals surface area contributed by atoms with Crippen LogP contribution < -0.4 is 10.6 Å². The molecule has 116 valence electrons. The van der Waals surface area contributed by atoms with Crippen LogP contribution in [0.15, 0.2) is 35.3 Å². The quantitative estimate of drug-likeness (QED) is 0.859. The van der Waals surface area contributed by atoms with Gasteiger partial charge in [0.15, 0.2) is 0 Å². The molecule has 0 aliphatic carbocycles. The first-order valence-electron chi connectivity index (χ1n) is 7.64. The highest BCUT2D eigenvalue weighted by Gasteiger charge is 2.46. The maximum atomic E-state index is 12.4. The summed E-state index contributed by atoms with van der Waals surface area (Å²) in [6.45, 7) is 3.59. The minimum atomic E-state index is -0.714. The molecule has 2 aliphatic rings. The third-order valence-corrected chi connectivity index (χ3v) is 4.23. The Morgan fingerprint density at radius 1 is 1.32 bits per heavy atom. The predicted molar refractivity (Wildman–Crippen MR) is 83.7 cm³/mol. The van der Waals surface area contributed by atoms with Crippen molar-refractivity contribution in [3.8, 4) is 0 Å². The van der Waals surface area contributed by atoms with Gasteiger partial charge in [0.05, 0.1) is 0 Å². The van der Waals surface area contributed by atoms with E-state index >= 15 is 0 Å². The van der Waals surface area contributed by atoms with Crippen LogP contribution in [0.2, 0.25) is 0 Å². The standard InChI is InChI=1S/C16H20N4O2/c1-2-17-15(22)20-10-8-16(9-11-20)14(21)18-13(19-16)12-6-4-3-5-7-12/h3-7H,2,8-11H2,1H3,(H,17,22)(H,18,19,21). The van der Waals surface area contributed by atoms with E-state index in [1.807, 2.05) is 37.3 Å². The molecule has 3 amide bonds. The van der Waals surface area contributed by atoms with Crippen LogP contribution in [0.5, 0.6) is 0 Å². The van der Waals surface area contributed by atoms with Crippen molar-refractivity contribution in [2.45, 2.75) is 25.3 Å². The summed E-state index contributed by atoms with van der Waals surface area (Å²) in [5.41, 5.74) is 0.202. The molecule has 3 rings (SSSR count). The fourth-order valence-corrected chi connectivity index (χ4v) is 2.93. The Hall–Kier alpha value is -2.37. The van der Waals surface area contributed by atoms with Crippen molar-refractivity contribution in [1.82, 2.24) is 15.5 Å². The zero-order valence-electron chi connectivity index (χ0n) is 12.6. The van der Waals surface area contributed by atoms with Crippen molar-refractivity contribution >= 4 is 17.8 Å². The molecule has 0 bridgehead atoms. The Kier molecular flexibility index (Phi) is 3.83. The van der Waals surface area contributed by atoms with Gasteiger partial charge < -0.3 is 15.5 Å². The Morgan fingerprint density at radius 2 is 2.00 bits per heavy atom. The number of piperidine rings is 1. The number of hydrogen-bond donors (Lipinski definition) is 2. The van der Waals surface area contributed by atoms with E-state index in [1.54, 1.807) is 4.90 Å². The van der Waals surface area contributed by atoms with Crippen LogP contribution in [0, 0.1) is 0 Å². The molecular weight excluding hydrogens is 280 g/mol. The Bertz CT molecular complexity index is 604. The summed E-state index contributed by atoms with van der Waals surface area (Å²) in [6.07, 6.45) is 1.12. The molecule has 1 spiro atoms. The Balaban J connectivity index is 1.74. The second-order valence-electron chi connectivity index (χ2n) is 5.63. The average Bonchev–Trinajstić information content (AvgIpc) is 2.86. The fraction of sp³-hybridized carbons (Fsp3) is 0.438. The number of carbonyl (C=O) groups excluding carboxylic acids is 2. The van der Waals surface area contributed by atoms with Gasteiger partial charge in [0.2, 0.25) is 0 Å². The molecule has 2 N–H and O–H groups in total. The van der Waals surface area contributed by atoms with E-state index in [9.17, 15) is 9.59 Å². The number of likely N-dealkylation sites (tertiary alicyclic amines) is 1. The van der Waals surface area contributed by atoms with Crippen molar-refractivity contribution in [3.63, 3.8) is 0 Å². The molecule has 0 unspecified atom stereocenters. The monoisotopic (exact) mass is 300 g/mol. The van der Waals surface area contributed by atoms with Crippen LogP contribution in [-0.2, 0) is 4.79 Å². The molecule has 1 aromatic rings. The molecule has 2 heterocycles. The highest BCUT2D eigenvalue weighted by Crippen LogP contribution is 2.30. The first-order chi connectivity index (χ1) is 10.6. The van der Waals surface area contributed by atoms with Crippen molar-refractivity contribution in [3.05, 3.63) is 35.9 Å². The number of hydrogen-bond acceptors (Lipinski definition) is 3. The van der Waals surface area contributed by atoms with Gasteiger partial charge in [-0.05, 0) is 19.8 Å². The summed E-state index contributed by atoms with van der Waals surface area (Å²) in [7, 11) is 0. The van der Waals surface area contributed by atoms with Gasteiger partial charge in [-0.25, -0.2) is 4.79 Å². The summed E-state index contributed by atoms with van der Waals surface area (Å²) < 4.78 is 0. The number of amidine groups is 1. The maximum absolute atomic E-state index is 12.4. The van der Waals surface area contributed by atoms with E-state index in [4.69, 9.17) is 0 Å². The zero-order valence-corrected chi connectivity index (χ0v) is 12.6. The largest absolute Gasteiger partial charge is 0.338 e. The van der Waals surface area contributed by atoms with Crippen LogP contribution >= 0.6 is 0 Å². The lowest BCUT2D eigenvalue weighted by atomic mass is 9.88. The van der Waals surface area contributed by atoms with Crippen molar-refractivity contribution in [2.24, 2.45) is 4.99 Å². The molecule has 6 nitrogen and oxygen atoms in total. The molecule has 0 saturated carbocycles. The summed E-state index contributed by atoms with van der Waals surface area (Å²) in [4.78, 5) is 30.7. The van der Waals surface area contributed by atoms with Gasteiger partial charge in [0.25, 0.3) is 5.91 Å². The molecular formula is C16H20N4O2. The first-order valence-corrected chi connectivity index (χ1v) is 7.64. The van der Waals surface area contributed by atoms with E-state index in [0.29, 0.717) is 38.3 Å².